The van der Waals surface area contributed by atoms with Gasteiger partial charge < -0.3 is 14.2 Å². The fraction of sp³-hybridized carbons (Fsp3) is 0.222. The first-order valence-electron chi connectivity index (χ1n) is 10.5. The molecule has 4 nitrogen and oxygen atoms in total. The van der Waals surface area contributed by atoms with Crippen LogP contribution in [0.2, 0.25) is 0 Å². The number of fused-ring (bicyclic) bond motifs is 1. The highest BCUT2D eigenvalue weighted by atomic mass is 32.2. The third kappa shape index (κ3) is 9.33. The van der Waals surface area contributed by atoms with Gasteiger partial charge in [0, 0.05) is 14.5 Å². The van der Waals surface area contributed by atoms with Crippen LogP contribution in [0.15, 0.2) is 81.9 Å². The molecule has 0 spiro atoms. The lowest BCUT2D eigenvalue weighted by atomic mass is 10.2. The van der Waals surface area contributed by atoms with Gasteiger partial charge in [-0.2, -0.15) is 0 Å². The SMILES string of the molecule is COc1ccc(S)cc1.COc1ccc(SCC(C)=O)cc1.COc1ccc2scc(C)c2c1. The van der Waals surface area contributed by atoms with Gasteiger partial charge in [0.2, 0.25) is 0 Å². The summed E-state index contributed by atoms with van der Waals surface area (Å²) in [7, 11) is 4.98. The summed E-state index contributed by atoms with van der Waals surface area (Å²) >= 11 is 7.44. The van der Waals surface area contributed by atoms with E-state index >= 15 is 0 Å². The Labute approximate surface area is 215 Å². The summed E-state index contributed by atoms with van der Waals surface area (Å²) in [6.07, 6.45) is 0. The predicted octanol–water partition coefficient (Wildman–Crippen LogP) is 7.58. The lowest BCUT2D eigenvalue weighted by molar-refractivity contribution is -0.114. The maximum atomic E-state index is 10.7. The first-order valence-corrected chi connectivity index (χ1v) is 12.8. The summed E-state index contributed by atoms with van der Waals surface area (Å²) in [5.74, 6) is 3.37. The Morgan fingerprint density at radius 2 is 1.38 bits per heavy atom. The molecule has 3 aromatic carbocycles. The smallest absolute Gasteiger partial charge is 0.140 e. The van der Waals surface area contributed by atoms with Crippen molar-refractivity contribution in [2.45, 2.75) is 23.6 Å². The van der Waals surface area contributed by atoms with Crippen molar-refractivity contribution in [1.29, 1.82) is 0 Å². The van der Waals surface area contributed by atoms with Crippen molar-refractivity contribution in [3.05, 3.63) is 77.7 Å². The third-order valence-corrected chi connectivity index (χ3v) is 7.08. The molecular weight excluding hydrogens is 484 g/mol. The molecule has 1 heterocycles. The fourth-order valence-electron chi connectivity index (χ4n) is 2.70. The highest BCUT2D eigenvalue weighted by molar-refractivity contribution is 8.00. The summed E-state index contributed by atoms with van der Waals surface area (Å²) in [6, 6.07) is 21.4. The van der Waals surface area contributed by atoms with Crippen LogP contribution in [0.4, 0.5) is 0 Å². The van der Waals surface area contributed by atoms with Crippen molar-refractivity contribution in [2.24, 2.45) is 0 Å². The van der Waals surface area contributed by atoms with Gasteiger partial charge in [-0.25, -0.2) is 0 Å². The molecule has 0 atom stereocenters. The Hall–Kier alpha value is -2.61. The second-order valence-electron chi connectivity index (χ2n) is 7.15. The molecule has 0 saturated heterocycles. The molecule has 0 N–H and O–H groups in total. The average Bonchev–Trinajstić information content (AvgIpc) is 3.24. The van der Waals surface area contributed by atoms with Crippen molar-refractivity contribution in [3.63, 3.8) is 0 Å². The first-order chi connectivity index (χ1) is 16.4. The number of ketones is 1. The minimum atomic E-state index is 0.195. The molecule has 7 heteroatoms. The van der Waals surface area contributed by atoms with Crippen molar-refractivity contribution < 1.29 is 19.0 Å². The largest absolute Gasteiger partial charge is 0.497 e. The molecule has 0 saturated carbocycles. The van der Waals surface area contributed by atoms with Crippen LogP contribution in [0.5, 0.6) is 17.2 Å². The van der Waals surface area contributed by atoms with E-state index in [4.69, 9.17) is 14.2 Å². The predicted molar refractivity (Wildman–Crippen MR) is 148 cm³/mol. The number of methoxy groups -OCH3 is 3. The zero-order valence-corrected chi connectivity index (χ0v) is 22.6. The standard InChI is InChI=1S/C10H12O2S.C10H10OS.C7H8OS/c1-8(11)7-13-10-5-3-9(12-2)4-6-10;1-7-6-12-10-4-3-8(11-2)5-9(7)10;1-8-6-2-4-7(9)5-3-6/h3-6H,7H2,1-2H3;3-6H,1-2H3;2-5,9H,1H3. The van der Waals surface area contributed by atoms with Crippen molar-refractivity contribution in [2.75, 3.05) is 27.1 Å². The number of hydrogen-bond donors (Lipinski definition) is 1. The number of carbonyl (C=O) groups is 1. The molecule has 180 valence electrons. The molecule has 4 rings (SSSR count). The van der Waals surface area contributed by atoms with Crippen molar-refractivity contribution >= 4 is 51.6 Å². The average molecular weight is 515 g/mol. The lowest BCUT2D eigenvalue weighted by Gasteiger charge is -2.01. The molecule has 1 aromatic heterocycles. The molecule has 34 heavy (non-hydrogen) atoms. The molecular formula is C27H30O4S3. The minimum absolute atomic E-state index is 0.195. The van der Waals surface area contributed by atoms with Crippen LogP contribution in [-0.4, -0.2) is 32.9 Å². The highest BCUT2D eigenvalue weighted by Gasteiger charge is 2.00. The number of aryl methyl sites for hydroxylation is 1. The zero-order valence-electron chi connectivity index (χ0n) is 20.0. The summed E-state index contributed by atoms with van der Waals surface area (Å²) < 4.78 is 16.4. The topological polar surface area (TPSA) is 44.8 Å². The summed E-state index contributed by atoms with van der Waals surface area (Å²) in [6.45, 7) is 3.72. The number of thiophene rings is 1. The quantitative estimate of drug-likeness (QED) is 0.212. The van der Waals surface area contributed by atoms with Crippen LogP contribution in [-0.2, 0) is 4.79 Å². The minimum Gasteiger partial charge on any atom is -0.497 e. The number of benzene rings is 3. The summed E-state index contributed by atoms with van der Waals surface area (Å²) in [5, 5.41) is 3.48. The van der Waals surface area contributed by atoms with E-state index in [2.05, 4.69) is 37.1 Å². The Balaban J connectivity index is 0.000000183. The first kappa shape index (κ1) is 27.6. The monoisotopic (exact) mass is 514 g/mol. The molecule has 0 aliphatic carbocycles. The number of thiol groups is 1. The van der Waals surface area contributed by atoms with Crippen LogP contribution >= 0.6 is 35.7 Å². The fourth-order valence-corrected chi connectivity index (χ4v) is 4.47. The van der Waals surface area contributed by atoms with Gasteiger partial charge in [-0.05, 0) is 96.9 Å². The molecule has 0 radical (unpaired) electrons. The molecule has 0 unspecified atom stereocenters. The summed E-state index contributed by atoms with van der Waals surface area (Å²) in [5.41, 5.74) is 1.33. The van der Waals surface area contributed by atoms with Crippen molar-refractivity contribution in [1.82, 2.24) is 0 Å². The van der Waals surface area contributed by atoms with E-state index in [1.807, 2.05) is 54.6 Å². The molecule has 0 aliphatic heterocycles. The number of hydrogen-bond acceptors (Lipinski definition) is 7. The maximum absolute atomic E-state index is 10.7. The zero-order chi connectivity index (χ0) is 24.9. The Bertz CT molecular complexity index is 1150. The van der Waals surface area contributed by atoms with Gasteiger partial charge in [-0.3, -0.25) is 4.79 Å². The van der Waals surface area contributed by atoms with Crippen LogP contribution in [0.1, 0.15) is 12.5 Å². The van der Waals surface area contributed by atoms with E-state index < -0.39 is 0 Å². The van der Waals surface area contributed by atoms with E-state index in [9.17, 15) is 4.79 Å². The normalized spacial score (nSPS) is 9.82. The molecule has 4 aromatic rings. The van der Waals surface area contributed by atoms with E-state index in [1.54, 1.807) is 51.4 Å². The highest BCUT2D eigenvalue weighted by Crippen LogP contribution is 2.28. The number of Topliss-reactive ketones (excluding diaryl/α,β-unsaturated/α-hetero) is 1. The summed E-state index contributed by atoms with van der Waals surface area (Å²) in [4.78, 5) is 12.7. The van der Waals surface area contributed by atoms with Gasteiger partial charge in [0.05, 0.1) is 27.1 Å². The van der Waals surface area contributed by atoms with Gasteiger partial charge in [0.15, 0.2) is 0 Å². The van der Waals surface area contributed by atoms with E-state index in [0.717, 1.165) is 27.0 Å². The molecule has 0 amide bonds. The second-order valence-corrected chi connectivity index (χ2v) is 9.62. The maximum Gasteiger partial charge on any atom is 0.140 e. The Kier molecular flexibility index (Phi) is 11.9. The molecule has 0 aliphatic rings. The van der Waals surface area contributed by atoms with E-state index in [0.29, 0.717) is 5.75 Å². The Morgan fingerprint density at radius 1 is 0.853 bits per heavy atom. The number of rotatable bonds is 6. The Morgan fingerprint density at radius 3 is 1.91 bits per heavy atom. The van der Waals surface area contributed by atoms with Crippen LogP contribution in [0.3, 0.4) is 0 Å². The van der Waals surface area contributed by atoms with Gasteiger partial charge in [-0.1, -0.05) is 0 Å². The van der Waals surface area contributed by atoms with Gasteiger partial charge in [0.25, 0.3) is 0 Å². The van der Waals surface area contributed by atoms with E-state index in [1.165, 1.54) is 15.6 Å². The molecule has 0 bridgehead atoms. The lowest BCUT2D eigenvalue weighted by Crippen LogP contribution is -1.92. The van der Waals surface area contributed by atoms with Crippen LogP contribution in [0, 0.1) is 6.92 Å². The number of carbonyl (C=O) groups excluding carboxylic acids is 1. The third-order valence-electron chi connectivity index (χ3n) is 4.55. The van der Waals surface area contributed by atoms with Gasteiger partial charge in [-0.15, -0.1) is 35.7 Å². The molecule has 0 fully saturated rings. The van der Waals surface area contributed by atoms with Gasteiger partial charge in [0.1, 0.15) is 23.0 Å². The second kappa shape index (κ2) is 14.6. The van der Waals surface area contributed by atoms with E-state index in [-0.39, 0.29) is 5.78 Å². The van der Waals surface area contributed by atoms with Crippen LogP contribution in [0.25, 0.3) is 10.1 Å². The van der Waals surface area contributed by atoms with Gasteiger partial charge >= 0.3 is 0 Å². The van der Waals surface area contributed by atoms with Crippen molar-refractivity contribution in [3.8, 4) is 17.2 Å². The number of ether oxygens (including phenoxy) is 3. The van der Waals surface area contributed by atoms with Crippen LogP contribution < -0.4 is 14.2 Å². The number of thioether (sulfide) groups is 1.